The highest BCUT2D eigenvalue weighted by Crippen LogP contribution is 2.41. The summed E-state index contributed by atoms with van der Waals surface area (Å²) in [5, 5.41) is 9.60. The molecule has 0 saturated heterocycles. The molecule has 20 heavy (non-hydrogen) atoms. The van der Waals surface area contributed by atoms with Crippen LogP contribution in [0.2, 0.25) is 0 Å². The molecule has 2 heterocycles. The Hall–Kier alpha value is -2.27. The van der Waals surface area contributed by atoms with Gasteiger partial charge in [0.1, 0.15) is 17.2 Å². The molecule has 1 aliphatic heterocycles. The van der Waals surface area contributed by atoms with Gasteiger partial charge in [-0.25, -0.2) is 4.98 Å². The lowest BCUT2D eigenvalue weighted by Gasteiger charge is -2.41. The molecule has 2 aromatic rings. The van der Waals surface area contributed by atoms with E-state index in [2.05, 4.69) is 4.98 Å². The van der Waals surface area contributed by atoms with Crippen LogP contribution in [0.1, 0.15) is 6.92 Å². The molecule has 1 aromatic carbocycles. The topological polar surface area (TPSA) is 71.6 Å². The molecule has 1 aromatic heterocycles. The first-order valence-electron chi connectivity index (χ1n) is 6.49. The molecule has 1 atom stereocenters. The third-order valence-corrected chi connectivity index (χ3v) is 3.38. The minimum atomic E-state index is -0.666. The van der Waals surface area contributed by atoms with Gasteiger partial charge in [-0.2, -0.15) is 0 Å². The Morgan fingerprint density at radius 1 is 1.40 bits per heavy atom. The normalized spacial score (nSPS) is 21.2. The lowest BCUT2D eigenvalue weighted by molar-refractivity contribution is 0.0261. The van der Waals surface area contributed by atoms with Gasteiger partial charge >= 0.3 is 0 Å². The molecule has 5 nitrogen and oxygen atoms in total. The maximum Gasteiger partial charge on any atom is 0.147 e. The van der Waals surface area contributed by atoms with Gasteiger partial charge in [0.05, 0.1) is 18.8 Å². The highest BCUT2D eigenvalue weighted by Gasteiger charge is 2.36. The number of aromatic nitrogens is 1. The number of hydrogen-bond acceptors (Lipinski definition) is 5. The average Bonchev–Trinajstić information content (AvgIpc) is 2.48. The summed E-state index contributed by atoms with van der Waals surface area (Å²) in [7, 11) is 0. The number of nitrogens with two attached hydrogens (primary N) is 1. The molecule has 0 saturated carbocycles. The predicted molar refractivity (Wildman–Crippen MR) is 78.2 cm³/mol. The number of aliphatic hydroxyl groups excluding tert-OH is 1. The van der Waals surface area contributed by atoms with E-state index in [4.69, 9.17) is 10.5 Å². The maximum atomic E-state index is 9.60. The van der Waals surface area contributed by atoms with E-state index in [1.807, 2.05) is 42.2 Å². The van der Waals surface area contributed by atoms with Crippen molar-refractivity contribution >= 4 is 17.2 Å². The minimum Gasteiger partial charge on any atom is -0.481 e. The zero-order chi connectivity index (χ0) is 14.2. The van der Waals surface area contributed by atoms with Crippen LogP contribution < -0.4 is 15.4 Å². The first-order chi connectivity index (χ1) is 9.61. The Bertz CT molecular complexity index is 618. The van der Waals surface area contributed by atoms with Crippen LogP contribution in [0.5, 0.6) is 5.75 Å². The van der Waals surface area contributed by atoms with Crippen molar-refractivity contribution in [3.05, 3.63) is 42.6 Å². The van der Waals surface area contributed by atoms with Crippen molar-refractivity contribution in [3.63, 3.8) is 0 Å². The number of rotatable bonds is 2. The minimum absolute atomic E-state index is 0.0693. The Kier molecular flexibility index (Phi) is 2.99. The quantitative estimate of drug-likeness (QED) is 0.817. The second-order valence-corrected chi connectivity index (χ2v) is 5.21. The van der Waals surface area contributed by atoms with Gasteiger partial charge in [-0.3, -0.25) is 0 Å². The average molecular weight is 271 g/mol. The molecule has 0 bridgehead atoms. The van der Waals surface area contributed by atoms with Crippen LogP contribution in [0.4, 0.5) is 17.2 Å². The molecule has 3 rings (SSSR count). The standard InChI is InChI=1S/C15H17N3O2/c1-15(10-19)9-18(14-4-2-3-7-17-14)12-8-11(16)5-6-13(12)20-15/h2-8,19H,9-10,16H2,1H3. The molecule has 104 valence electrons. The van der Waals surface area contributed by atoms with E-state index in [0.717, 1.165) is 11.5 Å². The maximum absolute atomic E-state index is 9.60. The summed E-state index contributed by atoms with van der Waals surface area (Å²) >= 11 is 0. The summed E-state index contributed by atoms with van der Waals surface area (Å²) in [4.78, 5) is 6.40. The van der Waals surface area contributed by atoms with Crippen molar-refractivity contribution in [2.24, 2.45) is 0 Å². The van der Waals surface area contributed by atoms with E-state index in [0.29, 0.717) is 18.0 Å². The zero-order valence-corrected chi connectivity index (χ0v) is 11.3. The van der Waals surface area contributed by atoms with E-state index >= 15 is 0 Å². The fourth-order valence-electron chi connectivity index (χ4n) is 2.35. The van der Waals surface area contributed by atoms with Crippen LogP contribution in [0, 0.1) is 0 Å². The molecule has 1 aliphatic rings. The van der Waals surface area contributed by atoms with Crippen LogP contribution in [0.15, 0.2) is 42.6 Å². The number of hydrogen-bond donors (Lipinski definition) is 2. The predicted octanol–water partition coefficient (Wildman–Crippen LogP) is 1.95. The van der Waals surface area contributed by atoms with Gasteiger partial charge in [-0.1, -0.05) is 6.07 Å². The summed E-state index contributed by atoms with van der Waals surface area (Å²) in [5.41, 5.74) is 6.74. The molecule has 1 unspecified atom stereocenters. The SMILES string of the molecule is CC1(CO)CN(c2ccccn2)c2cc(N)ccc2O1. The summed E-state index contributed by atoms with van der Waals surface area (Å²) in [6, 6.07) is 11.2. The third kappa shape index (κ3) is 2.16. The Labute approximate surface area is 117 Å². The third-order valence-electron chi connectivity index (χ3n) is 3.38. The Morgan fingerprint density at radius 2 is 2.25 bits per heavy atom. The van der Waals surface area contributed by atoms with Crippen molar-refractivity contribution in [1.29, 1.82) is 0 Å². The van der Waals surface area contributed by atoms with E-state index in [9.17, 15) is 5.11 Å². The van der Waals surface area contributed by atoms with Gasteiger partial charge in [0, 0.05) is 11.9 Å². The second kappa shape index (κ2) is 4.68. The summed E-state index contributed by atoms with van der Waals surface area (Å²) in [6.07, 6.45) is 1.74. The number of nitrogens with zero attached hydrogens (tertiary/aromatic N) is 2. The Morgan fingerprint density at radius 3 is 2.95 bits per heavy atom. The van der Waals surface area contributed by atoms with Crippen molar-refractivity contribution in [2.45, 2.75) is 12.5 Å². The number of ether oxygens (including phenoxy) is 1. The van der Waals surface area contributed by atoms with Gasteiger partial charge in [-0.05, 0) is 37.3 Å². The first-order valence-corrected chi connectivity index (χ1v) is 6.49. The molecule has 0 amide bonds. The summed E-state index contributed by atoms with van der Waals surface area (Å²) < 4.78 is 5.90. The van der Waals surface area contributed by atoms with Gasteiger partial charge in [0.15, 0.2) is 0 Å². The lowest BCUT2D eigenvalue weighted by atomic mass is 10.0. The van der Waals surface area contributed by atoms with Gasteiger partial charge in [0.2, 0.25) is 0 Å². The monoisotopic (exact) mass is 271 g/mol. The molecule has 0 fully saturated rings. The molecule has 0 radical (unpaired) electrons. The molecule has 0 spiro atoms. The fraction of sp³-hybridized carbons (Fsp3) is 0.267. The number of nitrogen functional groups attached to an aromatic ring is 1. The summed E-state index contributed by atoms with van der Waals surface area (Å²) in [6.45, 7) is 2.32. The van der Waals surface area contributed by atoms with E-state index in [1.54, 1.807) is 12.3 Å². The van der Waals surface area contributed by atoms with E-state index in [-0.39, 0.29) is 6.61 Å². The lowest BCUT2D eigenvalue weighted by Crippen LogP contribution is -2.50. The molecular formula is C15H17N3O2. The van der Waals surface area contributed by atoms with Crippen molar-refractivity contribution in [1.82, 2.24) is 4.98 Å². The van der Waals surface area contributed by atoms with Crippen LogP contribution in [-0.2, 0) is 0 Å². The first kappa shape index (κ1) is 12.7. The van der Waals surface area contributed by atoms with Crippen LogP contribution in [0.25, 0.3) is 0 Å². The van der Waals surface area contributed by atoms with Crippen LogP contribution in [0.3, 0.4) is 0 Å². The van der Waals surface area contributed by atoms with Crippen LogP contribution >= 0.6 is 0 Å². The highest BCUT2D eigenvalue weighted by atomic mass is 16.5. The van der Waals surface area contributed by atoms with Gasteiger partial charge in [-0.15, -0.1) is 0 Å². The molecule has 0 aliphatic carbocycles. The zero-order valence-electron chi connectivity index (χ0n) is 11.3. The molecular weight excluding hydrogens is 254 g/mol. The van der Waals surface area contributed by atoms with Crippen molar-refractivity contribution < 1.29 is 9.84 Å². The number of benzene rings is 1. The van der Waals surface area contributed by atoms with Crippen molar-refractivity contribution in [3.8, 4) is 5.75 Å². The number of fused-ring (bicyclic) bond motifs is 1. The van der Waals surface area contributed by atoms with Gasteiger partial charge < -0.3 is 20.5 Å². The smallest absolute Gasteiger partial charge is 0.147 e. The van der Waals surface area contributed by atoms with E-state index in [1.165, 1.54) is 0 Å². The van der Waals surface area contributed by atoms with Gasteiger partial charge in [0.25, 0.3) is 0 Å². The highest BCUT2D eigenvalue weighted by molar-refractivity contribution is 5.72. The fourth-order valence-corrected chi connectivity index (χ4v) is 2.35. The number of aliphatic hydroxyl groups is 1. The largest absolute Gasteiger partial charge is 0.481 e. The molecule has 5 heteroatoms. The summed E-state index contributed by atoms with van der Waals surface area (Å²) in [5.74, 6) is 1.51. The number of anilines is 3. The van der Waals surface area contributed by atoms with Crippen LogP contribution in [-0.4, -0.2) is 28.8 Å². The molecule has 3 N–H and O–H groups in total. The van der Waals surface area contributed by atoms with E-state index < -0.39 is 5.60 Å². The Balaban J connectivity index is 2.11. The van der Waals surface area contributed by atoms with Crippen molar-refractivity contribution in [2.75, 3.05) is 23.8 Å². The number of pyridine rings is 1. The second-order valence-electron chi connectivity index (χ2n) is 5.21.